The van der Waals surface area contributed by atoms with Crippen LogP contribution < -0.4 is 5.32 Å². The van der Waals surface area contributed by atoms with Crippen LogP contribution >= 0.6 is 11.6 Å². The standard InChI is InChI=1S/C13H11ClN2O2/c1-16-8-4-7-11(16)12(17)13(18)15-10-6-3-2-5-9(10)14/h2-8H,1H3,(H,15,18). The number of anilines is 1. The van der Waals surface area contributed by atoms with Crippen molar-refractivity contribution in [3.8, 4) is 0 Å². The fourth-order valence-corrected chi connectivity index (χ4v) is 1.74. The van der Waals surface area contributed by atoms with Crippen LogP contribution in [0.4, 0.5) is 5.69 Å². The first-order valence-electron chi connectivity index (χ1n) is 5.31. The molecule has 0 spiro atoms. The SMILES string of the molecule is Cn1cccc1C(=O)C(=O)Nc1ccccc1Cl. The lowest BCUT2D eigenvalue weighted by molar-refractivity contribution is -0.112. The van der Waals surface area contributed by atoms with Gasteiger partial charge in [0.1, 0.15) is 0 Å². The maximum absolute atomic E-state index is 11.9. The Bertz CT molecular complexity index is 605. The molecule has 2 rings (SSSR count). The Hall–Kier alpha value is -2.07. The van der Waals surface area contributed by atoms with Gasteiger partial charge in [0.2, 0.25) is 0 Å². The summed E-state index contributed by atoms with van der Waals surface area (Å²) in [6.07, 6.45) is 1.70. The molecule has 5 heteroatoms. The smallest absolute Gasteiger partial charge is 0.298 e. The van der Waals surface area contributed by atoms with E-state index in [2.05, 4.69) is 5.32 Å². The third kappa shape index (κ3) is 2.43. The van der Waals surface area contributed by atoms with Gasteiger partial charge in [0.25, 0.3) is 11.7 Å². The van der Waals surface area contributed by atoms with Crippen molar-refractivity contribution in [2.75, 3.05) is 5.32 Å². The van der Waals surface area contributed by atoms with Crippen molar-refractivity contribution >= 4 is 29.0 Å². The van der Waals surface area contributed by atoms with E-state index in [9.17, 15) is 9.59 Å². The van der Waals surface area contributed by atoms with Crippen molar-refractivity contribution < 1.29 is 9.59 Å². The fraction of sp³-hybridized carbons (Fsp3) is 0.0769. The van der Waals surface area contributed by atoms with Crippen LogP contribution in [0.3, 0.4) is 0 Å². The molecule has 1 aromatic heterocycles. The normalized spacial score (nSPS) is 10.1. The van der Waals surface area contributed by atoms with Gasteiger partial charge in [-0.2, -0.15) is 0 Å². The van der Waals surface area contributed by atoms with Gasteiger partial charge in [0, 0.05) is 13.2 Å². The maximum atomic E-state index is 11.9. The number of hydrogen-bond donors (Lipinski definition) is 1. The number of nitrogens with one attached hydrogen (secondary N) is 1. The number of nitrogens with zero attached hydrogens (tertiary/aromatic N) is 1. The van der Waals surface area contributed by atoms with Gasteiger partial charge in [-0.1, -0.05) is 23.7 Å². The van der Waals surface area contributed by atoms with E-state index in [1.807, 2.05) is 0 Å². The Balaban J connectivity index is 2.17. The number of amides is 1. The average molecular weight is 263 g/mol. The van der Waals surface area contributed by atoms with Crippen molar-refractivity contribution in [2.45, 2.75) is 0 Å². The lowest BCUT2D eigenvalue weighted by atomic mass is 10.2. The van der Waals surface area contributed by atoms with Crippen LogP contribution in [0.5, 0.6) is 0 Å². The average Bonchev–Trinajstić information content (AvgIpc) is 2.77. The molecule has 92 valence electrons. The second kappa shape index (κ2) is 5.06. The van der Waals surface area contributed by atoms with Crippen molar-refractivity contribution in [1.29, 1.82) is 0 Å². The summed E-state index contributed by atoms with van der Waals surface area (Å²) in [5.74, 6) is -1.30. The summed E-state index contributed by atoms with van der Waals surface area (Å²) in [5, 5.41) is 2.89. The van der Waals surface area contributed by atoms with Crippen molar-refractivity contribution in [2.24, 2.45) is 7.05 Å². The Morgan fingerprint density at radius 3 is 2.50 bits per heavy atom. The Kier molecular flexibility index (Phi) is 3.48. The molecule has 0 bridgehead atoms. The minimum Gasteiger partial charge on any atom is -0.348 e. The third-order valence-electron chi connectivity index (χ3n) is 2.50. The minimum absolute atomic E-state index is 0.333. The first-order valence-corrected chi connectivity index (χ1v) is 5.69. The molecular weight excluding hydrogens is 252 g/mol. The van der Waals surface area contributed by atoms with Gasteiger partial charge in [-0.25, -0.2) is 0 Å². The number of rotatable bonds is 3. The minimum atomic E-state index is -0.704. The van der Waals surface area contributed by atoms with Gasteiger partial charge in [-0.05, 0) is 24.3 Å². The second-order valence-electron chi connectivity index (χ2n) is 3.77. The number of Topliss-reactive ketones (excluding diaryl/α,β-unsaturated/α-hetero) is 1. The van der Waals surface area contributed by atoms with Crippen LogP contribution in [0.1, 0.15) is 10.5 Å². The number of para-hydroxylation sites is 1. The maximum Gasteiger partial charge on any atom is 0.298 e. The third-order valence-corrected chi connectivity index (χ3v) is 2.83. The van der Waals surface area contributed by atoms with E-state index in [1.165, 1.54) is 0 Å². The highest BCUT2D eigenvalue weighted by Gasteiger charge is 2.19. The quantitative estimate of drug-likeness (QED) is 0.683. The number of carbonyl (C=O) groups is 2. The van der Waals surface area contributed by atoms with E-state index >= 15 is 0 Å². The first kappa shape index (κ1) is 12.4. The van der Waals surface area contributed by atoms with Crippen molar-refractivity contribution in [3.05, 3.63) is 53.3 Å². The summed E-state index contributed by atoms with van der Waals surface area (Å²) >= 11 is 5.90. The summed E-state index contributed by atoms with van der Waals surface area (Å²) in [6.45, 7) is 0. The lowest BCUT2D eigenvalue weighted by Gasteiger charge is -2.06. The number of hydrogen-bond acceptors (Lipinski definition) is 2. The fourth-order valence-electron chi connectivity index (χ4n) is 1.55. The number of aromatic nitrogens is 1. The predicted octanol–water partition coefficient (Wildman–Crippen LogP) is 2.50. The highest BCUT2D eigenvalue weighted by atomic mass is 35.5. The number of aryl methyl sites for hydroxylation is 1. The van der Waals surface area contributed by atoms with Crippen LogP contribution in [0.2, 0.25) is 5.02 Å². The molecule has 1 N–H and O–H groups in total. The molecule has 0 aliphatic carbocycles. The van der Waals surface area contributed by atoms with Crippen LogP contribution in [0.15, 0.2) is 42.6 Å². The molecule has 0 fully saturated rings. The van der Waals surface area contributed by atoms with E-state index in [-0.39, 0.29) is 0 Å². The second-order valence-corrected chi connectivity index (χ2v) is 4.17. The molecule has 0 atom stereocenters. The van der Waals surface area contributed by atoms with Gasteiger partial charge in [-0.15, -0.1) is 0 Å². The molecule has 1 aromatic carbocycles. The zero-order valence-corrected chi connectivity index (χ0v) is 10.4. The molecule has 0 aliphatic rings. The molecule has 0 saturated carbocycles. The van der Waals surface area contributed by atoms with Crippen LogP contribution in [0.25, 0.3) is 0 Å². The van der Waals surface area contributed by atoms with E-state index in [0.29, 0.717) is 16.4 Å². The highest BCUT2D eigenvalue weighted by molar-refractivity contribution is 6.47. The van der Waals surface area contributed by atoms with Gasteiger partial charge in [-0.3, -0.25) is 9.59 Å². The zero-order valence-electron chi connectivity index (χ0n) is 9.68. The molecule has 2 aromatic rings. The van der Waals surface area contributed by atoms with Crippen LogP contribution in [-0.2, 0) is 11.8 Å². The number of benzene rings is 1. The summed E-state index contributed by atoms with van der Waals surface area (Å²) in [4.78, 5) is 23.6. The van der Waals surface area contributed by atoms with Crippen molar-refractivity contribution in [1.82, 2.24) is 4.57 Å². The van der Waals surface area contributed by atoms with Gasteiger partial charge in [0.15, 0.2) is 0 Å². The largest absolute Gasteiger partial charge is 0.348 e. The molecule has 0 radical (unpaired) electrons. The zero-order chi connectivity index (χ0) is 13.1. The van der Waals surface area contributed by atoms with Gasteiger partial charge >= 0.3 is 0 Å². The number of ketones is 1. The van der Waals surface area contributed by atoms with Gasteiger partial charge in [0.05, 0.1) is 16.4 Å². The van der Waals surface area contributed by atoms with E-state index < -0.39 is 11.7 Å². The summed E-state index contributed by atoms with van der Waals surface area (Å²) in [5.41, 5.74) is 0.756. The predicted molar refractivity (Wildman–Crippen MR) is 69.8 cm³/mol. The van der Waals surface area contributed by atoms with Crippen molar-refractivity contribution in [3.63, 3.8) is 0 Å². The van der Waals surface area contributed by atoms with E-state index in [0.717, 1.165) is 0 Å². The number of halogens is 1. The molecule has 1 amide bonds. The highest BCUT2D eigenvalue weighted by Crippen LogP contribution is 2.20. The molecule has 1 heterocycles. The van der Waals surface area contributed by atoms with E-state index in [4.69, 9.17) is 11.6 Å². The number of carbonyl (C=O) groups excluding carboxylic acids is 2. The molecule has 0 unspecified atom stereocenters. The molecule has 4 nitrogen and oxygen atoms in total. The molecular formula is C13H11ClN2O2. The summed E-state index contributed by atoms with van der Waals surface area (Å²) < 4.78 is 1.59. The molecule has 18 heavy (non-hydrogen) atoms. The Morgan fingerprint density at radius 1 is 1.17 bits per heavy atom. The van der Waals surface area contributed by atoms with Crippen LogP contribution in [-0.4, -0.2) is 16.3 Å². The topological polar surface area (TPSA) is 51.1 Å². The molecule has 0 saturated heterocycles. The summed E-state index contributed by atoms with van der Waals surface area (Å²) in [6, 6.07) is 10.1. The molecule has 0 aliphatic heterocycles. The summed E-state index contributed by atoms with van der Waals surface area (Å²) in [7, 11) is 1.70. The lowest BCUT2D eigenvalue weighted by Crippen LogP contribution is -2.24. The van der Waals surface area contributed by atoms with Crippen LogP contribution in [0, 0.1) is 0 Å². The van der Waals surface area contributed by atoms with E-state index in [1.54, 1.807) is 54.2 Å². The Labute approximate surface area is 109 Å². The Morgan fingerprint density at radius 2 is 1.89 bits per heavy atom. The van der Waals surface area contributed by atoms with Gasteiger partial charge < -0.3 is 9.88 Å². The first-order chi connectivity index (χ1) is 8.59. The monoisotopic (exact) mass is 262 g/mol.